The van der Waals surface area contributed by atoms with E-state index in [4.69, 9.17) is 25.8 Å². The number of benzene rings is 1. The highest BCUT2D eigenvalue weighted by Gasteiger charge is 2.34. The van der Waals surface area contributed by atoms with Gasteiger partial charge in [-0.3, -0.25) is 9.78 Å². The fourth-order valence-corrected chi connectivity index (χ4v) is 4.55. The second-order valence-corrected chi connectivity index (χ2v) is 8.73. The molecule has 0 radical (unpaired) electrons. The number of pyridine rings is 2. The minimum atomic E-state index is -0.571. The molecular formula is C26H28ClN3O6. The first-order chi connectivity index (χ1) is 17.4. The molecule has 1 unspecified atom stereocenters. The fraction of sp³-hybridized carbons (Fsp3) is 0.346. The number of hydrogen-bond acceptors (Lipinski definition) is 8. The molecule has 1 atom stereocenters. The SMILES string of the molecule is CCOCc1nc(O)c(C(=O)N2CCC(c3ccc(Cl)cn3)C2)c(O)c1-c1c(OC)cccc1OC. The molecule has 1 amide bonds. The van der Waals surface area contributed by atoms with Crippen LogP contribution in [0.1, 0.15) is 41.0 Å². The number of ether oxygens (including phenoxy) is 3. The first-order valence-electron chi connectivity index (χ1n) is 11.5. The number of likely N-dealkylation sites (tertiary alicyclic amines) is 1. The monoisotopic (exact) mass is 513 g/mol. The lowest BCUT2D eigenvalue weighted by molar-refractivity contribution is 0.0783. The average molecular weight is 514 g/mol. The van der Waals surface area contributed by atoms with E-state index in [1.165, 1.54) is 14.2 Å². The summed E-state index contributed by atoms with van der Waals surface area (Å²) in [5.41, 5.74) is 1.39. The molecule has 3 aromatic rings. The molecule has 1 aliphatic heterocycles. The van der Waals surface area contributed by atoms with Crippen molar-refractivity contribution in [2.75, 3.05) is 33.9 Å². The zero-order valence-electron chi connectivity index (χ0n) is 20.3. The van der Waals surface area contributed by atoms with Crippen LogP contribution in [0.4, 0.5) is 0 Å². The molecule has 36 heavy (non-hydrogen) atoms. The number of aromatic nitrogens is 2. The molecule has 190 valence electrons. The Hall–Kier alpha value is -3.56. The third-order valence-corrected chi connectivity index (χ3v) is 6.43. The lowest BCUT2D eigenvalue weighted by Gasteiger charge is -2.22. The molecule has 2 N–H and O–H groups in total. The Morgan fingerprint density at radius 3 is 2.47 bits per heavy atom. The van der Waals surface area contributed by atoms with Gasteiger partial charge in [-0.1, -0.05) is 17.7 Å². The van der Waals surface area contributed by atoms with Crippen LogP contribution in [0, 0.1) is 0 Å². The van der Waals surface area contributed by atoms with Crippen LogP contribution < -0.4 is 9.47 Å². The van der Waals surface area contributed by atoms with Crippen molar-refractivity contribution < 1.29 is 29.2 Å². The number of carbonyl (C=O) groups is 1. The van der Waals surface area contributed by atoms with Gasteiger partial charge < -0.3 is 29.3 Å². The van der Waals surface area contributed by atoms with Crippen molar-refractivity contribution in [3.63, 3.8) is 0 Å². The van der Waals surface area contributed by atoms with E-state index in [0.717, 1.165) is 5.69 Å². The van der Waals surface area contributed by atoms with Crippen LogP contribution in [0.2, 0.25) is 5.02 Å². The molecule has 0 saturated carbocycles. The van der Waals surface area contributed by atoms with Crippen LogP contribution in [0.5, 0.6) is 23.1 Å². The molecule has 1 saturated heterocycles. The molecule has 0 aliphatic carbocycles. The van der Waals surface area contributed by atoms with Crippen LogP contribution in [-0.2, 0) is 11.3 Å². The normalized spacial score (nSPS) is 15.2. The topological polar surface area (TPSA) is 114 Å². The summed E-state index contributed by atoms with van der Waals surface area (Å²) in [6.07, 6.45) is 2.26. The van der Waals surface area contributed by atoms with Gasteiger partial charge in [0.2, 0.25) is 5.88 Å². The summed E-state index contributed by atoms with van der Waals surface area (Å²) < 4.78 is 16.6. The third kappa shape index (κ3) is 4.89. The smallest absolute Gasteiger partial charge is 0.263 e. The van der Waals surface area contributed by atoms with Gasteiger partial charge in [0.15, 0.2) is 0 Å². The molecule has 4 rings (SSSR count). The zero-order valence-corrected chi connectivity index (χ0v) is 21.1. The van der Waals surface area contributed by atoms with E-state index >= 15 is 0 Å². The number of rotatable bonds is 8. The van der Waals surface area contributed by atoms with E-state index in [1.54, 1.807) is 35.4 Å². The van der Waals surface area contributed by atoms with Crippen molar-refractivity contribution in [2.45, 2.75) is 25.9 Å². The fourth-order valence-electron chi connectivity index (χ4n) is 4.44. The van der Waals surface area contributed by atoms with Crippen molar-refractivity contribution in [3.8, 4) is 34.3 Å². The molecule has 9 nitrogen and oxygen atoms in total. The minimum Gasteiger partial charge on any atom is -0.506 e. The van der Waals surface area contributed by atoms with Crippen molar-refractivity contribution in [2.24, 2.45) is 0 Å². The van der Waals surface area contributed by atoms with E-state index < -0.39 is 17.5 Å². The van der Waals surface area contributed by atoms with Gasteiger partial charge in [0.1, 0.15) is 22.8 Å². The van der Waals surface area contributed by atoms with Gasteiger partial charge in [-0.2, -0.15) is 0 Å². The number of halogens is 1. The van der Waals surface area contributed by atoms with Crippen molar-refractivity contribution >= 4 is 17.5 Å². The molecule has 0 bridgehead atoms. The maximum Gasteiger partial charge on any atom is 0.263 e. The van der Waals surface area contributed by atoms with E-state index in [2.05, 4.69) is 9.97 Å². The van der Waals surface area contributed by atoms with Gasteiger partial charge in [0, 0.05) is 37.5 Å². The summed E-state index contributed by atoms with van der Waals surface area (Å²) in [7, 11) is 2.99. The van der Waals surface area contributed by atoms with Crippen LogP contribution in [0.3, 0.4) is 0 Å². The highest BCUT2D eigenvalue weighted by Crippen LogP contribution is 2.47. The van der Waals surface area contributed by atoms with Gasteiger partial charge in [0.05, 0.1) is 42.7 Å². The highest BCUT2D eigenvalue weighted by atomic mass is 35.5. The van der Waals surface area contributed by atoms with Crippen LogP contribution in [0.15, 0.2) is 36.5 Å². The summed E-state index contributed by atoms with van der Waals surface area (Å²) in [5, 5.41) is 22.8. The van der Waals surface area contributed by atoms with E-state index in [1.807, 2.05) is 13.0 Å². The molecule has 10 heteroatoms. The first kappa shape index (κ1) is 25.5. The van der Waals surface area contributed by atoms with Crippen molar-refractivity contribution in [3.05, 3.63) is 58.5 Å². The average Bonchev–Trinajstić information content (AvgIpc) is 3.38. The molecule has 1 aromatic carbocycles. The predicted molar refractivity (Wildman–Crippen MR) is 134 cm³/mol. The lowest BCUT2D eigenvalue weighted by Crippen LogP contribution is -2.29. The number of methoxy groups -OCH3 is 2. The minimum absolute atomic E-state index is 0.00332. The summed E-state index contributed by atoms with van der Waals surface area (Å²) in [6.45, 7) is 3.01. The quantitative estimate of drug-likeness (QED) is 0.456. The predicted octanol–water partition coefficient (Wildman–Crippen LogP) is 4.39. The molecule has 0 spiro atoms. The Morgan fingerprint density at radius 2 is 1.86 bits per heavy atom. The molecule has 2 aromatic heterocycles. The Kier molecular flexibility index (Phi) is 7.81. The van der Waals surface area contributed by atoms with Crippen LogP contribution in [-0.4, -0.2) is 64.9 Å². The number of aromatic hydroxyl groups is 2. The largest absolute Gasteiger partial charge is 0.506 e. The van der Waals surface area contributed by atoms with Crippen molar-refractivity contribution in [1.82, 2.24) is 14.9 Å². The number of nitrogens with zero attached hydrogens (tertiary/aromatic N) is 3. The van der Waals surface area contributed by atoms with Gasteiger partial charge >= 0.3 is 0 Å². The van der Waals surface area contributed by atoms with Gasteiger partial charge in [-0.25, -0.2) is 4.98 Å². The lowest BCUT2D eigenvalue weighted by atomic mass is 9.97. The zero-order chi connectivity index (χ0) is 25.8. The highest BCUT2D eigenvalue weighted by molar-refractivity contribution is 6.30. The molecule has 1 aliphatic rings. The van der Waals surface area contributed by atoms with Gasteiger partial charge in [0.25, 0.3) is 5.91 Å². The van der Waals surface area contributed by atoms with E-state index in [0.29, 0.717) is 48.2 Å². The van der Waals surface area contributed by atoms with Crippen molar-refractivity contribution in [1.29, 1.82) is 0 Å². The van der Waals surface area contributed by atoms with Gasteiger partial charge in [-0.15, -0.1) is 0 Å². The maximum absolute atomic E-state index is 13.6. The van der Waals surface area contributed by atoms with E-state index in [-0.39, 0.29) is 29.3 Å². The van der Waals surface area contributed by atoms with E-state index in [9.17, 15) is 15.0 Å². The van der Waals surface area contributed by atoms with Gasteiger partial charge in [-0.05, 0) is 37.6 Å². The standard InChI is InChI=1S/C26H28ClN3O6/c1-4-36-14-18-21(22-19(34-2)6-5-7-20(22)35-3)24(31)23(25(32)29-18)26(33)30-11-10-15(13-30)17-9-8-16(27)12-28-17/h5-9,12,15H,4,10-11,13-14H2,1-3H3,(H2,29,31,32). The summed E-state index contributed by atoms with van der Waals surface area (Å²) in [6, 6.07) is 8.77. The first-order valence-corrected chi connectivity index (χ1v) is 11.9. The molecule has 3 heterocycles. The Labute approximate surface area is 214 Å². The van der Waals surface area contributed by atoms with Crippen LogP contribution in [0.25, 0.3) is 11.1 Å². The summed E-state index contributed by atoms with van der Waals surface area (Å²) >= 11 is 5.95. The second-order valence-electron chi connectivity index (χ2n) is 8.29. The Morgan fingerprint density at radius 1 is 1.14 bits per heavy atom. The Bertz CT molecular complexity index is 1230. The number of hydrogen-bond donors (Lipinski definition) is 2. The number of carbonyl (C=O) groups excluding carboxylic acids is 1. The van der Waals surface area contributed by atoms with Crippen LogP contribution >= 0.6 is 11.6 Å². The third-order valence-electron chi connectivity index (χ3n) is 6.21. The summed E-state index contributed by atoms with van der Waals surface area (Å²) in [5.74, 6) is -0.705. The maximum atomic E-state index is 13.6. The Balaban J connectivity index is 1.77. The molecular weight excluding hydrogens is 486 g/mol. The second kappa shape index (κ2) is 11.0. The molecule has 1 fully saturated rings. The summed E-state index contributed by atoms with van der Waals surface area (Å²) in [4.78, 5) is 23.8. The number of amides is 1.